The number of benzene rings is 2. The Labute approximate surface area is 198 Å². The van der Waals surface area contributed by atoms with Gasteiger partial charge in [0.1, 0.15) is 0 Å². The van der Waals surface area contributed by atoms with Crippen molar-refractivity contribution in [2.24, 2.45) is 0 Å². The fourth-order valence-electron chi connectivity index (χ4n) is 3.44. The van der Waals surface area contributed by atoms with Gasteiger partial charge in [-0.2, -0.15) is 0 Å². The number of hydrogen-bond donors (Lipinski definition) is 1. The van der Waals surface area contributed by atoms with Crippen LogP contribution in [0.1, 0.15) is 48.4 Å². The summed E-state index contributed by atoms with van der Waals surface area (Å²) >= 11 is 6.12. The van der Waals surface area contributed by atoms with Crippen LogP contribution in [0.4, 0.5) is 5.69 Å². The molecule has 0 atom stereocenters. The third-order valence-electron chi connectivity index (χ3n) is 4.84. The van der Waals surface area contributed by atoms with Crippen LogP contribution in [0.3, 0.4) is 0 Å². The van der Waals surface area contributed by atoms with Gasteiger partial charge >= 0.3 is 5.97 Å². The Morgan fingerprint density at radius 2 is 1.52 bits per heavy atom. The minimum atomic E-state index is -0.800. The third-order valence-corrected chi connectivity index (χ3v) is 5.17. The minimum Gasteiger partial charge on any atom is -0.493 e. The number of carbonyl (C=O) groups excluding carboxylic acids is 3. The summed E-state index contributed by atoms with van der Waals surface area (Å²) in [5, 5.41) is 2.92. The maximum absolute atomic E-state index is 12.9. The van der Waals surface area contributed by atoms with Crippen LogP contribution in [-0.4, -0.2) is 55.6 Å². The smallest absolute Gasteiger partial charge is 0.340 e. The molecular formula is C24H29ClN2O6. The van der Waals surface area contributed by atoms with Crippen molar-refractivity contribution in [3.63, 3.8) is 0 Å². The number of anilines is 1. The van der Waals surface area contributed by atoms with E-state index in [4.69, 9.17) is 25.8 Å². The summed E-state index contributed by atoms with van der Waals surface area (Å²) in [7, 11) is 2.85. The number of rotatable bonds is 9. The zero-order valence-corrected chi connectivity index (χ0v) is 20.4. The summed E-state index contributed by atoms with van der Waals surface area (Å²) in [6, 6.07) is 9.24. The van der Waals surface area contributed by atoms with Crippen molar-refractivity contribution in [3.8, 4) is 11.5 Å². The molecule has 0 unspecified atom stereocenters. The first-order chi connectivity index (χ1) is 15.6. The summed E-state index contributed by atoms with van der Waals surface area (Å²) in [4.78, 5) is 39.9. The van der Waals surface area contributed by atoms with E-state index >= 15 is 0 Å². The molecule has 178 valence electrons. The highest BCUT2D eigenvalue weighted by molar-refractivity contribution is 6.34. The molecule has 2 aromatic carbocycles. The highest BCUT2D eigenvalue weighted by atomic mass is 35.5. The molecule has 2 amide bonds. The molecule has 0 spiro atoms. The molecule has 33 heavy (non-hydrogen) atoms. The van der Waals surface area contributed by atoms with Crippen molar-refractivity contribution in [1.82, 2.24) is 4.90 Å². The van der Waals surface area contributed by atoms with Gasteiger partial charge in [-0.25, -0.2) is 4.79 Å². The number of hydrogen-bond acceptors (Lipinski definition) is 6. The number of nitrogens with zero attached hydrogens (tertiary/aromatic N) is 1. The van der Waals surface area contributed by atoms with E-state index < -0.39 is 18.5 Å². The Bertz CT molecular complexity index is 1010. The van der Waals surface area contributed by atoms with Crippen molar-refractivity contribution < 1.29 is 28.6 Å². The molecule has 0 aliphatic carbocycles. The van der Waals surface area contributed by atoms with Gasteiger partial charge in [0.15, 0.2) is 18.1 Å². The van der Waals surface area contributed by atoms with Gasteiger partial charge in [-0.15, -0.1) is 0 Å². The zero-order chi connectivity index (χ0) is 24.7. The molecule has 0 saturated heterocycles. The molecule has 0 saturated carbocycles. The van der Waals surface area contributed by atoms with Gasteiger partial charge in [0.2, 0.25) is 0 Å². The topological polar surface area (TPSA) is 94.2 Å². The normalized spacial score (nSPS) is 10.7. The molecule has 1 N–H and O–H groups in total. The number of halogens is 1. The van der Waals surface area contributed by atoms with Crippen LogP contribution in [0.5, 0.6) is 11.5 Å². The van der Waals surface area contributed by atoms with Crippen molar-refractivity contribution in [2.45, 2.75) is 39.8 Å². The molecule has 8 nitrogen and oxygen atoms in total. The van der Waals surface area contributed by atoms with Crippen LogP contribution in [0.15, 0.2) is 36.4 Å². The zero-order valence-electron chi connectivity index (χ0n) is 19.6. The average molecular weight is 477 g/mol. The van der Waals surface area contributed by atoms with Gasteiger partial charge in [-0.3, -0.25) is 9.59 Å². The summed E-state index contributed by atoms with van der Waals surface area (Å²) in [6.45, 7) is 7.10. The third kappa shape index (κ3) is 6.38. The van der Waals surface area contributed by atoms with Gasteiger partial charge in [0.25, 0.3) is 11.8 Å². The van der Waals surface area contributed by atoms with E-state index in [0.717, 1.165) is 0 Å². The lowest BCUT2D eigenvalue weighted by Crippen LogP contribution is -2.44. The molecule has 2 aromatic rings. The first-order valence-corrected chi connectivity index (χ1v) is 10.8. The van der Waals surface area contributed by atoms with Crippen LogP contribution in [-0.2, 0) is 9.53 Å². The predicted octanol–water partition coefficient (Wildman–Crippen LogP) is 4.41. The molecule has 2 rings (SSSR count). The molecule has 0 aliphatic heterocycles. The monoisotopic (exact) mass is 476 g/mol. The SMILES string of the molecule is COc1cc(NC(=O)c2ccccc2Cl)c(C(=O)OCC(=O)N(C(C)C)C(C)C)cc1OC. The number of ether oxygens (including phenoxy) is 3. The predicted molar refractivity (Wildman–Crippen MR) is 126 cm³/mol. The molecule has 0 fully saturated rings. The molecule has 0 radical (unpaired) electrons. The largest absolute Gasteiger partial charge is 0.493 e. The van der Waals surface area contributed by atoms with Gasteiger partial charge in [-0.05, 0) is 39.8 Å². The number of amides is 2. The van der Waals surface area contributed by atoms with Crippen molar-refractivity contribution in [2.75, 3.05) is 26.1 Å². The Kier molecular flexibility index (Phi) is 9.11. The lowest BCUT2D eigenvalue weighted by atomic mass is 10.1. The Hall–Kier alpha value is -3.26. The summed E-state index contributed by atoms with van der Waals surface area (Å²) in [5.41, 5.74) is 0.356. The second-order valence-corrected chi connectivity index (χ2v) is 8.16. The average Bonchev–Trinajstić information content (AvgIpc) is 2.76. The van der Waals surface area contributed by atoms with Gasteiger partial charge < -0.3 is 24.4 Å². The number of methoxy groups -OCH3 is 2. The summed E-state index contributed by atoms with van der Waals surface area (Å²) in [6.07, 6.45) is 0. The first-order valence-electron chi connectivity index (χ1n) is 10.4. The van der Waals surface area contributed by atoms with Gasteiger partial charge in [-0.1, -0.05) is 23.7 Å². The molecular weight excluding hydrogens is 448 g/mol. The van der Waals surface area contributed by atoms with Crippen molar-refractivity contribution >= 4 is 35.1 Å². The number of esters is 1. The van der Waals surface area contributed by atoms with E-state index in [2.05, 4.69) is 5.32 Å². The van der Waals surface area contributed by atoms with E-state index in [1.54, 1.807) is 29.2 Å². The van der Waals surface area contributed by atoms with Gasteiger partial charge in [0, 0.05) is 24.2 Å². The fourth-order valence-corrected chi connectivity index (χ4v) is 3.66. The highest BCUT2D eigenvalue weighted by Gasteiger charge is 2.24. The summed E-state index contributed by atoms with van der Waals surface area (Å²) < 4.78 is 15.9. The van der Waals surface area contributed by atoms with Crippen LogP contribution in [0.2, 0.25) is 5.02 Å². The highest BCUT2D eigenvalue weighted by Crippen LogP contribution is 2.34. The fraction of sp³-hybridized carbons (Fsp3) is 0.375. The second kappa shape index (κ2) is 11.6. The maximum atomic E-state index is 12.9. The number of nitrogens with one attached hydrogen (secondary N) is 1. The molecule has 0 heterocycles. The van der Waals surface area contributed by atoms with Crippen LogP contribution in [0, 0.1) is 0 Å². The van der Waals surface area contributed by atoms with E-state index in [1.807, 2.05) is 27.7 Å². The molecule has 0 bridgehead atoms. The van der Waals surface area contributed by atoms with Gasteiger partial charge in [0.05, 0.1) is 36.1 Å². The Morgan fingerprint density at radius 1 is 0.939 bits per heavy atom. The second-order valence-electron chi connectivity index (χ2n) is 7.75. The quantitative estimate of drug-likeness (QED) is 0.539. The minimum absolute atomic E-state index is 0.00139. The molecule has 0 aromatic heterocycles. The van der Waals surface area contributed by atoms with E-state index in [0.29, 0.717) is 5.75 Å². The van der Waals surface area contributed by atoms with Crippen LogP contribution in [0.25, 0.3) is 0 Å². The van der Waals surface area contributed by atoms with E-state index in [1.165, 1.54) is 26.4 Å². The lowest BCUT2D eigenvalue weighted by molar-refractivity contribution is -0.138. The number of carbonyl (C=O) groups is 3. The maximum Gasteiger partial charge on any atom is 0.340 e. The first kappa shape index (κ1) is 26.0. The van der Waals surface area contributed by atoms with Crippen LogP contribution >= 0.6 is 11.6 Å². The summed E-state index contributed by atoms with van der Waals surface area (Å²) in [5.74, 6) is -1.09. The molecule has 0 aliphatic rings. The van der Waals surface area contributed by atoms with Crippen LogP contribution < -0.4 is 14.8 Å². The lowest BCUT2D eigenvalue weighted by Gasteiger charge is -2.30. The Morgan fingerprint density at radius 3 is 2.06 bits per heavy atom. The van der Waals surface area contributed by atoms with Crippen molar-refractivity contribution in [1.29, 1.82) is 0 Å². The Balaban J connectivity index is 2.34. The van der Waals surface area contributed by atoms with E-state index in [-0.39, 0.29) is 45.6 Å². The van der Waals surface area contributed by atoms with Crippen molar-refractivity contribution in [3.05, 3.63) is 52.5 Å². The van der Waals surface area contributed by atoms with E-state index in [9.17, 15) is 14.4 Å². The molecule has 9 heteroatoms. The standard InChI is InChI=1S/C24H29ClN2O6/c1-14(2)27(15(3)4)22(28)13-33-24(30)17-11-20(31-5)21(32-6)12-19(17)26-23(29)16-9-7-8-10-18(16)25/h7-12,14-15H,13H2,1-6H3,(H,26,29).